The number of allylic oxidation sites excluding steroid dienone is 4. The first-order chi connectivity index (χ1) is 8.91. The van der Waals surface area contributed by atoms with Crippen molar-refractivity contribution < 1.29 is 0 Å². The van der Waals surface area contributed by atoms with Crippen molar-refractivity contribution >= 4 is 21.6 Å². The summed E-state index contributed by atoms with van der Waals surface area (Å²) >= 11 is 0. The molecule has 0 atom stereocenters. The lowest BCUT2D eigenvalue weighted by atomic mass is 10.2. The molecule has 0 unspecified atom stereocenters. The van der Waals surface area contributed by atoms with Crippen molar-refractivity contribution in [1.29, 1.82) is 0 Å². The Morgan fingerprint density at radius 1 is 0.611 bits per heavy atom. The van der Waals surface area contributed by atoms with Crippen molar-refractivity contribution in [2.24, 2.45) is 0 Å². The zero-order valence-corrected chi connectivity index (χ0v) is 13.8. The maximum atomic E-state index is 2.34. The van der Waals surface area contributed by atoms with Crippen LogP contribution in [0.2, 0.25) is 0 Å². The fraction of sp³-hybridized carbons (Fsp3) is 0.750. The van der Waals surface area contributed by atoms with Gasteiger partial charge in [0.2, 0.25) is 0 Å². The molecule has 0 aromatic heterocycles. The summed E-state index contributed by atoms with van der Waals surface area (Å²) in [6.07, 6.45) is 19.5. The van der Waals surface area contributed by atoms with Gasteiger partial charge in [-0.25, -0.2) is 0 Å². The SMILES string of the molecule is CCC/C=C/CCCSSCCC/C=C/CCC. The van der Waals surface area contributed by atoms with Crippen molar-refractivity contribution in [1.82, 2.24) is 0 Å². The van der Waals surface area contributed by atoms with Gasteiger partial charge in [-0.05, 0) is 38.5 Å². The Morgan fingerprint density at radius 2 is 1.00 bits per heavy atom. The molecule has 0 aliphatic heterocycles. The Balaban J connectivity index is 3.03. The maximum absolute atomic E-state index is 2.34. The average Bonchev–Trinajstić information content (AvgIpc) is 2.39. The molecule has 0 rings (SSSR count). The second-order valence-corrected chi connectivity index (χ2v) is 7.15. The van der Waals surface area contributed by atoms with Crippen LogP contribution in [0.5, 0.6) is 0 Å². The molecule has 0 amide bonds. The molecule has 0 bridgehead atoms. The number of hydrogen-bond donors (Lipinski definition) is 0. The summed E-state index contributed by atoms with van der Waals surface area (Å²) in [7, 11) is 4.09. The van der Waals surface area contributed by atoms with Crippen LogP contribution in [0.1, 0.15) is 65.2 Å². The minimum Gasteiger partial charge on any atom is -0.0941 e. The van der Waals surface area contributed by atoms with Gasteiger partial charge in [0.05, 0.1) is 0 Å². The molecular formula is C16H30S2. The summed E-state index contributed by atoms with van der Waals surface area (Å²) in [5.41, 5.74) is 0. The lowest BCUT2D eigenvalue weighted by molar-refractivity contribution is 0.926. The number of unbranched alkanes of at least 4 members (excludes halogenated alkanes) is 4. The highest BCUT2D eigenvalue weighted by Gasteiger charge is 1.90. The lowest BCUT2D eigenvalue weighted by Crippen LogP contribution is -1.78. The Hall–Kier alpha value is 0.180. The molecule has 0 aromatic carbocycles. The van der Waals surface area contributed by atoms with Crippen LogP contribution in [0.4, 0.5) is 0 Å². The first-order valence-corrected chi connectivity index (χ1v) is 9.95. The lowest BCUT2D eigenvalue weighted by Gasteiger charge is -1.99. The summed E-state index contributed by atoms with van der Waals surface area (Å²) in [6.45, 7) is 4.46. The molecule has 0 nitrogen and oxygen atoms in total. The summed E-state index contributed by atoms with van der Waals surface area (Å²) in [6, 6.07) is 0. The Morgan fingerprint density at radius 3 is 1.39 bits per heavy atom. The fourth-order valence-corrected chi connectivity index (χ4v) is 3.66. The van der Waals surface area contributed by atoms with E-state index in [-0.39, 0.29) is 0 Å². The van der Waals surface area contributed by atoms with Gasteiger partial charge in [-0.2, -0.15) is 0 Å². The molecule has 0 aliphatic rings. The van der Waals surface area contributed by atoms with E-state index < -0.39 is 0 Å². The van der Waals surface area contributed by atoms with Crippen LogP contribution in [0, 0.1) is 0 Å². The van der Waals surface area contributed by atoms with E-state index in [1.165, 1.54) is 62.9 Å². The monoisotopic (exact) mass is 286 g/mol. The smallest absolute Gasteiger partial charge is 0.00398 e. The summed E-state index contributed by atoms with van der Waals surface area (Å²) in [5, 5.41) is 0. The summed E-state index contributed by atoms with van der Waals surface area (Å²) in [5.74, 6) is 2.60. The molecule has 106 valence electrons. The molecule has 0 saturated heterocycles. The molecule has 0 aliphatic carbocycles. The molecule has 0 heterocycles. The first-order valence-electron chi connectivity index (χ1n) is 7.46. The minimum absolute atomic E-state index is 1.24. The zero-order chi connectivity index (χ0) is 13.3. The van der Waals surface area contributed by atoms with Gasteiger partial charge < -0.3 is 0 Å². The van der Waals surface area contributed by atoms with E-state index in [1.807, 2.05) is 21.6 Å². The van der Waals surface area contributed by atoms with E-state index in [2.05, 4.69) is 38.2 Å². The van der Waals surface area contributed by atoms with E-state index in [4.69, 9.17) is 0 Å². The van der Waals surface area contributed by atoms with Gasteiger partial charge in [-0.3, -0.25) is 0 Å². The quantitative estimate of drug-likeness (QED) is 0.211. The summed E-state index contributed by atoms with van der Waals surface area (Å²) in [4.78, 5) is 0. The third-order valence-electron chi connectivity index (χ3n) is 2.52. The van der Waals surface area contributed by atoms with Crippen molar-refractivity contribution in [2.45, 2.75) is 65.2 Å². The van der Waals surface area contributed by atoms with Crippen molar-refractivity contribution in [3.8, 4) is 0 Å². The Kier molecular flexibility index (Phi) is 17.4. The van der Waals surface area contributed by atoms with Crippen LogP contribution >= 0.6 is 21.6 Å². The van der Waals surface area contributed by atoms with Gasteiger partial charge in [0.15, 0.2) is 0 Å². The Labute approximate surface area is 122 Å². The highest BCUT2D eigenvalue weighted by atomic mass is 33.1. The van der Waals surface area contributed by atoms with E-state index in [9.17, 15) is 0 Å². The predicted octanol–water partition coefficient (Wildman–Crippen LogP) is 6.64. The second kappa shape index (κ2) is 17.2. The predicted molar refractivity (Wildman–Crippen MR) is 91.5 cm³/mol. The van der Waals surface area contributed by atoms with Crippen molar-refractivity contribution in [2.75, 3.05) is 11.5 Å². The molecule has 18 heavy (non-hydrogen) atoms. The molecular weight excluding hydrogens is 256 g/mol. The van der Waals surface area contributed by atoms with E-state index in [1.54, 1.807) is 0 Å². The topological polar surface area (TPSA) is 0 Å². The van der Waals surface area contributed by atoms with E-state index in [0.717, 1.165) is 0 Å². The van der Waals surface area contributed by atoms with E-state index >= 15 is 0 Å². The standard InChI is InChI=1S/C16H30S2/c1-3-5-7-9-11-13-15-17-18-16-14-12-10-8-6-4-2/h7-10H,3-6,11-16H2,1-2H3/b9-7+,10-8+. The minimum atomic E-state index is 1.24. The molecule has 0 saturated carbocycles. The number of hydrogen-bond acceptors (Lipinski definition) is 2. The van der Waals surface area contributed by atoms with Gasteiger partial charge in [0.25, 0.3) is 0 Å². The second-order valence-electron chi connectivity index (χ2n) is 4.45. The van der Waals surface area contributed by atoms with Gasteiger partial charge in [0.1, 0.15) is 0 Å². The third kappa shape index (κ3) is 16.2. The molecule has 0 radical (unpaired) electrons. The van der Waals surface area contributed by atoms with Crippen LogP contribution in [-0.4, -0.2) is 11.5 Å². The molecule has 0 spiro atoms. The normalized spacial score (nSPS) is 11.9. The van der Waals surface area contributed by atoms with Gasteiger partial charge in [-0.1, -0.05) is 72.6 Å². The van der Waals surface area contributed by atoms with Gasteiger partial charge in [-0.15, -0.1) is 0 Å². The highest BCUT2D eigenvalue weighted by Crippen LogP contribution is 2.23. The molecule has 0 N–H and O–H groups in total. The first kappa shape index (κ1) is 18.2. The molecule has 0 fully saturated rings. The maximum Gasteiger partial charge on any atom is 0.00398 e. The fourth-order valence-electron chi connectivity index (χ4n) is 1.44. The van der Waals surface area contributed by atoms with Gasteiger partial charge in [0, 0.05) is 11.5 Å². The van der Waals surface area contributed by atoms with Crippen molar-refractivity contribution in [3.63, 3.8) is 0 Å². The van der Waals surface area contributed by atoms with Crippen LogP contribution in [0.25, 0.3) is 0 Å². The van der Waals surface area contributed by atoms with Crippen LogP contribution in [-0.2, 0) is 0 Å². The van der Waals surface area contributed by atoms with Crippen LogP contribution in [0.15, 0.2) is 24.3 Å². The Bertz CT molecular complexity index is 175. The van der Waals surface area contributed by atoms with Crippen LogP contribution in [0.3, 0.4) is 0 Å². The highest BCUT2D eigenvalue weighted by molar-refractivity contribution is 8.76. The molecule has 0 aromatic rings. The van der Waals surface area contributed by atoms with E-state index in [0.29, 0.717) is 0 Å². The number of rotatable bonds is 13. The molecule has 2 heteroatoms. The van der Waals surface area contributed by atoms with Crippen LogP contribution < -0.4 is 0 Å². The largest absolute Gasteiger partial charge is 0.0941 e. The summed E-state index contributed by atoms with van der Waals surface area (Å²) < 4.78 is 0. The van der Waals surface area contributed by atoms with Crippen molar-refractivity contribution in [3.05, 3.63) is 24.3 Å². The van der Waals surface area contributed by atoms with Gasteiger partial charge >= 0.3 is 0 Å². The zero-order valence-electron chi connectivity index (χ0n) is 12.2. The third-order valence-corrected chi connectivity index (χ3v) is 5.10. The average molecular weight is 287 g/mol.